The Hall–Kier alpha value is -0.420. The van der Waals surface area contributed by atoms with Crippen molar-refractivity contribution in [2.75, 3.05) is 11.5 Å². The molecule has 0 aliphatic rings. The molecule has 0 aromatic rings. The summed E-state index contributed by atoms with van der Waals surface area (Å²) in [7, 11) is -1.17. The lowest BCUT2D eigenvalue weighted by Gasteiger charge is -2.17. The normalized spacial score (nSPS) is 14.1. The van der Waals surface area contributed by atoms with E-state index in [0.29, 0.717) is 5.75 Å². The molecule has 0 aliphatic heterocycles. The van der Waals surface area contributed by atoms with Crippen molar-refractivity contribution in [1.29, 1.82) is 0 Å². The molecule has 0 rings (SSSR count). The molecule has 84 valence electrons. The number of nitrogens with two attached hydrogens (primary N) is 1. The van der Waals surface area contributed by atoms with Crippen molar-refractivity contribution < 1.29 is 9.00 Å². The molecule has 14 heavy (non-hydrogen) atoms. The molecule has 0 radical (unpaired) electrons. The summed E-state index contributed by atoms with van der Waals surface area (Å²) in [6, 6.07) is 0.0883. The van der Waals surface area contributed by atoms with Gasteiger partial charge in [0.2, 0.25) is 5.91 Å². The summed E-state index contributed by atoms with van der Waals surface area (Å²) in [4.78, 5) is 11.2. The quantitative estimate of drug-likeness (QED) is 0.685. The highest BCUT2D eigenvalue weighted by molar-refractivity contribution is 7.85. The number of nitrogens with one attached hydrogen (secondary N) is 1. The SMILES string of the molecule is CC(C)NC(=O)CS(=O)CC(C)(C)N. The maximum Gasteiger partial charge on any atom is 0.232 e. The summed E-state index contributed by atoms with van der Waals surface area (Å²) in [6.45, 7) is 7.33. The van der Waals surface area contributed by atoms with Gasteiger partial charge in [0.25, 0.3) is 0 Å². The molecule has 5 heteroatoms. The Morgan fingerprint density at radius 2 is 2.00 bits per heavy atom. The minimum atomic E-state index is -1.17. The van der Waals surface area contributed by atoms with E-state index in [0.717, 1.165) is 0 Å². The number of hydrogen-bond donors (Lipinski definition) is 2. The van der Waals surface area contributed by atoms with E-state index >= 15 is 0 Å². The predicted molar refractivity (Wildman–Crippen MR) is 59.4 cm³/mol. The molecule has 0 bridgehead atoms. The zero-order chi connectivity index (χ0) is 11.4. The van der Waals surface area contributed by atoms with Gasteiger partial charge in [-0.2, -0.15) is 0 Å². The largest absolute Gasteiger partial charge is 0.353 e. The van der Waals surface area contributed by atoms with Crippen LogP contribution in [0.15, 0.2) is 0 Å². The van der Waals surface area contributed by atoms with E-state index in [9.17, 15) is 9.00 Å². The molecule has 0 aliphatic carbocycles. The molecule has 0 saturated heterocycles. The number of hydrogen-bond acceptors (Lipinski definition) is 3. The van der Waals surface area contributed by atoms with Gasteiger partial charge in [-0.05, 0) is 27.7 Å². The first-order valence-electron chi connectivity index (χ1n) is 4.64. The second kappa shape index (κ2) is 5.46. The smallest absolute Gasteiger partial charge is 0.232 e. The van der Waals surface area contributed by atoms with E-state index in [1.807, 2.05) is 13.8 Å². The van der Waals surface area contributed by atoms with Crippen LogP contribution in [0.2, 0.25) is 0 Å². The maximum atomic E-state index is 11.4. The Kier molecular flexibility index (Phi) is 5.29. The first-order valence-corrected chi connectivity index (χ1v) is 6.13. The van der Waals surface area contributed by atoms with E-state index in [4.69, 9.17) is 5.73 Å². The van der Waals surface area contributed by atoms with E-state index in [-0.39, 0.29) is 17.7 Å². The van der Waals surface area contributed by atoms with Gasteiger partial charge in [0.1, 0.15) is 5.75 Å². The summed E-state index contributed by atoms with van der Waals surface area (Å²) in [5.74, 6) is 0.208. The maximum absolute atomic E-state index is 11.4. The van der Waals surface area contributed by atoms with Crippen LogP contribution in [0.4, 0.5) is 0 Å². The molecule has 4 nitrogen and oxygen atoms in total. The van der Waals surface area contributed by atoms with Gasteiger partial charge in [-0.15, -0.1) is 0 Å². The third-order valence-corrected chi connectivity index (χ3v) is 2.92. The average molecular weight is 220 g/mol. The molecule has 0 saturated carbocycles. The van der Waals surface area contributed by atoms with Crippen LogP contribution in [0, 0.1) is 0 Å². The van der Waals surface area contributed by atoms with Gasteiger partial charge in [-0.1, -0.05) is 0 Å². The van der Waals surface area contributed by atoms with Crippen LogP contribution >= 0.6 is 0 Å². The summed E-state index contributed by atoms with van der Waals surface area (Å²) in [6.07, 6.45) is 0. The van der Waals surface area contributed by atoms with E-state index in [2.05, 4.69) is 5.32 Å². The zero-order valence-corrected chi connectivity index (χ0v) is 10.1. The van der Waals surface area contributed by atoms with E-state index in [1.54, 1.807) is 13.8 Å². The molecule has 1 atom stereocenters. The van der Waals surface area contributed by atoms with Crippen molar-refractivity contribution in [2.24, 2.45) is 5.73 Å². The molecule has 3 N–H and O–H groups in total. The number of carbonyl (C=O) groups excluding carboxylic acids is 1. The highest BCUT2D eigenvalue weighted by Gasteiger charge is 2.17. The zero-order valence-electron chi connectivity index (χ0n) is 9.29. The predicted octanol–water partition coefficient (Wildman–Crippen LogP) is -0.00300. The Morgan fingerprint density at radius 3 is 2.36 bits per heavy atom. The number of carbonyl (C=O) groups is 1. The lowest BCUT2D eigenvalue weighted by molar-refractivity contribution is -0.119. The first-order chi connectivity index (χ1) is 6.20. The molecule has 1 unspecified atom stereocenters. The molecule has 0 spiro atoms. The van der Waals surface area contributed by atoms with Crippen molar-refractivity contribution in [3.8, 4) is 0 Å². The van der Waals surface area contributed by atoms with Crippen LogP contribution < -0.4 is 11.1 Å². The van der Waals surface area contributed by atoms with Crippen LogP contribution in [0.5, 0.6) is 0 Å². The monoisotopic (exact) mass is 220 g/mol. The Balaban J connectivity index is 3.90. The van der Waals surface area contributed by atoms with Crippen LogP contribution in [0.25, 0.3) is 0 Å². The van der Waals surface area contributed by atoms with Crippen LogP contribution in [0.3, 0.4) is 0 Å². The molecule has 0 aromatic heterocycles. The topological polar surface area (TPSA) is 72.2 Å². The number of amides is 1. The minimum absolute atomic E-state index is 0.0405. The second-order valence-electron chi connectivity index (χ2n) is 4.44. The van der Waals surface area contributed by atoms with Gasteiger partial charge in [-0.3, -0.25) is 9.00 Å². The fraction of sp³-hybridized carbons (Fsp3) is 0.889. The molecule has 0 fully saturated rings. The van der Waals surface area contributed by atoms with Gasteiger partial charge >= 0.3 is 0 Å². The Labute approximate surface area is 88.1 Å². The lowest BCUT2D eigenvalue weighted by Crippen LogP contribution is -2.41. The van der Waals surface area contributed by atoms with Crippen molar-refractivity contribution >= 4 is 16.7 Å². The third-order valence-electron chi connectivity index (χ3n) is 1.27. The van der Waals surface area contributed by atoms with Gasteiger partial charge in [0.15, 0.2) is 0 Å². The van der Waals surface area contributed by atoms with Gasteiger partial charge in [0.05, 0.1) is 0 Å². The Bertz CT molecular complexity index is 221. The fourth-order valence-electron chi connectivity index (χ4n) is 0.976. The summed E-state index contributed by atoms with van der Waals surface area (Å²) >= 11 is 0. The van der Waals surface area contributed by atoms with Crippen LogP contribution in [-0.4, -0.2) is 33.2 Å². The summed E-state index contributed by atoms with van der Waals surface area (Å²) in [5.41, 5.74) is 5.21. The lowest BCUT2D eigenvalue weighted by atomic mass is 10.1. The minimum Gasteiger partial charge on any atom is -0.353 e. The van der Waals surface area contributed by atoms with Crippen molar-refractivity contribution in [3.63, 3.8) is 0 Å². The van der Waals surface area contributed by atoms with Gasteiger partial charge < -0.3 is 11.1 Å². The fourth-order valence-corrected chi connectivity index (χ4v) is 2.28. The van der Waals surface area contributed by atoms with Crippen LogP contribution in [0.1, 0.15) is 27.7 Å². The van der Waals surface area contributed by atoms with Crippen molar-refractivity contribution in [2.45, 2.75) is 39.3 Å². The molecular formula is C9H20N2O2S. The summed E-state index contributed by atoms with van der Waals surface area (Å²) < 4.78 is 11.4. The molecule has 1 amide bonds. The second-order valence-corrected chi connectivity index (χ2v) is 5.90. The highest BCUT2D eigenvalue weighted by Crippen LogP contribution is 1.99. The average Bonchev–Trinajstić information content (AvgIpc) is 1.77. The standard InChI is InChI=1S/C9H20N2O2S/c1-7(2)11-8(12)5-14(13)6-9(3,4)10/h7H,5-6,10H2,1-4H3,(H,11,12). The first kappa shape index (κ1) is 13.6. The van der Waals surface area contributed by atoms with Crippen molar-refractivity contribution in [3.05, 3.63) is 0 Å². The molecular weight excluding hydrogens is 200 g/mol. The van der Waals surface area contributed by atoms with Gasteiger partial charge in [0, 0.05) is 28.1 Å². The summed E-state index contributed by atoms with van der Waals surface area (Å²) in [5, 5.41) is 2.69. The molecule has 0 aromatic carbocycles. The van der Waals surface area contributed by atoms with Crippen LogP contribution in [-0.2, 0) is 15.6 Å². The third kappa shape index (κ3) is 8.19. The Morgan fingerprint density at radius 1 is 1.50 bits per heavy atom. The van der Waals surface area contributed by atoms with Gasteiger partial charge in [-0.25, -0.2) is 0 Å². The van der Waals surface area contributed by atoms with E-state index in [1.165, 1.54) is 0 Å². The number of rotatable bonds is 5. The molecule has 0 heterocycles. The highest BCUT2D eigenvalue weighted by atomic mass is 32.2. The van der Waals surface area contributed by atoms with E-state index < -0.39 is 16.3 Å². The van der Waals surface area contributed by atoms with Crippen molar-refractivity contribution in [1.82, 2.24) is 5.32 Å².